The van der Waals surface area contributed by atoms with Crippen LogP contribution in [0.4, 0.5) is 18.9 Å². The highest BCUT2D eigenvalue weighted by Gasteiger charge is 2.40. The average Bonchev–Trinajstić information content (AvgIpc) is 2.53. The number of benzene rings is 1. The molecule has 0 saturated carbocycles. The largest absolute Gasteiger partial charge is 0.493 e. The first-order valence-electron chi connectivity index (χ1n) is 9.15. The summed E-state index contributed by atoms with van der Waals surface area (Å²) in [6, 6.07) is 3.53. The Hall–Kier alpha value is -1.76. The van der Waals surface area contributed by atoms with Gasteiger partial charge in [-0.05, 0) is 49.8 Å². The first-order chi connectivity index (χ1) is 12.4. The monoisotopic (exact) mass is 389 g/mol. The van der Waals surface area contributed by atoms with E-state index >= 15 is 0 Å². The van der Waals surface area contributed by atoms with Gasteiger partial charge >= 0.3 is 6.18 Å². The topological polar surface area (TPSA) is 47.6 Å². The fourth-order valence-electron chi connectivity index (χ4n) is 3.20. The molecular weight excluding hydrogens is 359 g/mol. The van der Waals surface area contributed by atoms with E-state index in [1.165, 1.54) is 19.2 Å². The Morgan fingerprint density at radius 1 is 1.11 bits per heavy atom. The number of hydrogen-bond donors (Lipinski definition) is 1. The van der Waals surface area contributed by atoms with Crippen LogP contribution in [0.25, 0.3) is 0 Å². The maximum absolute atomic E-state index is 13.3. The van der Waals surface area contributed by atoms with E-state index in [9.17, 15) is 18.0 Å². The quantitative estimate of drug-likeness (QED) is 0.605. The van der Waals surface area contributed by atoms with Crippen LogP contribution in [0.15, 0.2) is 18.2 Å². The molecule has 27 heavy (non-hydrogen) atoms. The molecule has 0 atom stereocenters. The minimum absolute atomic E-state index is 0.0599. The SMILES string of the molecule is CCOc1ccc(NC(=O)C(CC(C)C)(CC(C)C)OC)cc1C(F)(F)F. The van der Waals surface area contributed by atoms with Gasteiger partial charge in [0.25, 0.3) is 5.91 Å². The molecule has 1 rings (SSSR count). The number of nitrogens with one attached hydrogen (secondary N) is 1. The van der Waals surface area contributed by atoms with E-state index in [1.54, 1.807) is 6.92 Å². The molecule has 0 fully saturated rings. The van der Waals surface area contributed by atoms with Gasteiger partial charge in [-0.15, -0.1) is 0 Å². The molecule has 0 bridgehead atoms. The summed E-state index contributed by atoms with van der Waals surface area (Å²) in [5, 5.41) is 2.61. The Labute approximate surface area is 159 Å². The summed E-state index contributed by atoms with van der Waals surface area (Å²) in [6.07, 6.45) is -3.65. The van der Waals surface area contributed by atoms with E-state index in [1.807, 2.05) is 27.7 Å². The summed E-state index contributed by atoms with van der Waals surface area (Å²) in [4.78, 5) is 13.0. The maximum atomic E-state index is 13.3. The third-order valence-corrected chi connectivity index (χ3v) is 4.12. The molecule has 7 heteroatoms. The number of methoxy groups -OCH3 is 1. The molecular formula is C20H30F3NO3. The predicted molar refractivity (Wildman–Crippen MR) is 99.9 cm³/mol. The van der Waals surface area contributed by atoms with Crippen LogP contribution in [0.1, 0.15) is 53.0 Å². The number of rotatable bonds is 9. The third kappa shape index (κ3) is 6.41. The summed E-state index contributed by atoms with van der Waals surface area (Å²) < 4.78 is 50.6. The summed E-state index contributed by atoms with van der Waals surface area (Å²) in [6.45, 7) is 9.62. The van der Waals surface area contributed by atoms with Crippen molar-refractivity contribution in [1.29, 1.82) is 0 Å². The van der Waals surface area contributed by atoms with Crippen molar-refractivity contribution in [2.24, 2.45) is 11.8 Å². The first-order valence-corrected chi connectivity index (χ1v) is 9.15. The molecule has 1 amide bonds. The first kappa shape index (κ1) is 23.3. The zero-order valence-corrected chi connectivity index (χ0v) is 16.9. The van der Waals surface area contributed by atoms with E-state index in [2.05, 4.69) is 5.32 Å². The zero-order valence-electron chi connectivity index (χ0n) is 16.9. The van der Waals surface area contributed by atoms with Crippen molar-refractivity contribution in [1.82, 2.24) is 0 Å². The smallest absolute Gasteiger partial charge is 0.420 e. The van der Waals surface area contributed by atoms with Crippen molar-refractivity contribution >= 4 is 11.6 Å². The fraction of sp³-hybridized carbons (Fsp3) is 0.650. The van der Waals surface area contributed by atoms with Crippen molar-refractivity contribution in [3.63, 3.8) is 0 Å². The summed E-state index contributed by atoms with van der Waals surface area (Å²) >= 11 is 0. The lowest BCUT2D eigenvalue weighted by atomic mass is 9.84. The molecule has 1 aromatic rings. The minimum atomic E-state index is -4.58. The van der Waals surface area contributed by atoms with E-state index in [0.717, 1.165) is 6.07 Å². The van der Waals surface area contributed by atoms with Gasteiger partial charge in [0.1, 0.15) is 11.4 Å². The zero-order chi connectivity index (χ0) is 20.8. The van der Waals surface area contributed by atoms with Gasteiger partial charge in [-0.25, -0.2) is 0 Å². The van der Waals surface area contributed by atoms with E-state index in [4.69, 9.17) is 9.47 Å². The molecule has 1 aromatic carbocycles. The molecule has 0 radical (unpaired) electrons. The van der Waals surface area contributed by atoms with Crippen LogP contribution in [0.2, 0.25) is 0 Å². The molecule has 1 N–H and O–H groups in total. The van der Waals surface area contributed by atoms with Crippen molar-refractivity contribution in [2.45, 2.75) is 59.2 Å². The van der Waals surface area contributed by atoms with Crippen LogP contribution in [0, 0.1) is 11.8 Å². The number of carbonyl (C=O) groups excluding carboxylic acids is 1. The minimum Gasteiger partial charge on any atom is -0.493 e. The van der Waals surface area contributed by atoms with Crippen LogP contribution in [-0.2, 0) is 15.7 Å². The molecule has 4 nitrogen and oxygen atoms in total. The molecule has 0 aliphatic carbocycles. The Morgan fingerprint density at radius 2 is 1.67 bits per heavy atom. The van der Waals surface area contributed by atoms with Gasteiger partial charge < -0.3 is 14.8 Å². The van der Waals surface area contributed by atoms with Crippen LogP contribution in [0.3, 0.4) is 0 Å². The molecule has 0 saturated heterocycles. The normalized spacial score (nSPS) is 12.6. The Bertz CT molecular complexity index is 617. The van der Waals surface area contributed by atoms with Gasteiger partial charge in [0.2, 0.25) is 0 Å². The molecule has 0 aliphatic heterocycles. The number of anilines is 1. The van der Waals surface area contributed by atoms with Crippen molar-refractivity contribution < 1.29 is 27.4 Å². The average molecular weight is 389 g/mol. The number of carbonyl (C=O) groups is 1. The Kier molecular flexibility index (Phi) is 8.14. The lowest BCUT2D eigenvalue weighted by Gasteiger charge is -2.34. The predicted octanol–water partition coefficient (Wildman–Crippen LogP) is 5.52. The summed E-state index contributed by atoms with van der Waals surface area (Å²) in [7, 11) is 1.46. The number of ether oxygens (including phenoxy) is 2. The molecule has 154 valence electrons. The van der Waals surface area contributed by atoms with E-state index < -0.39 is 23.2 Å². The lowest BCUT2D eigenvalue weighted by Crippen LogP contribution is -2.47. The molecule has 0 aliphatic rings. The van der Waals surface area contributed by atoms with Crippen LogP contribution in [-0.4, -0.2) is 25.2 Å². The second kappa shape index (κ2) is 9.44. The summed E-state index contributed by atoms with van der Waals surface area (Å²) in [5.74, 6) is -0.337. The summed E-state index contributed by atoms with van der Waals surface area (Å²) in [5.41, 5.74) is -1.96. The molecule has 0 unspecified atom stereocenters. The molecule has 0 aromatic heterocycles. The van der Waals surface area contributed by atoms with Gasteiger partial charge in [0.15, 0.2) is 0 Å². The van der Waals surface area contributed by atoms with Crippen molar-refractivity contribution in [2.75, 3.05) is 19.0 Å². The standard InChI is InChI=1S/C20H30F3NO3/c1-7-27-17-9-8-15(10-16(17)20(21,22)23)24-18(25)19(26-6,11-13(2)3)12-14(4)5/h8-10,13-14H,7,11-12H2,1-6H3,(H,24,25). The highest BCUT2D eigenvalue weighted by Crippen LogP contribution is 2.38. The van der Waals surface area contributed by atoms with Gasteiger partial charge in [-0.3, -0.25) is 4.79 Å². The Balaban J connectivity index is 3.21. The number of halogens is 3. The highest BCUT2D eigenvalue weighted by atomic mass is 19.4. The van der Waals surface area contributed by atoms with Crippen molar-refractivity contribution in [3.8, 4) is 5.75 Å². The van der Waals surface area contributed by atoms with Gasteiger partial charge in [-0.2, -0.15) is 13.2 Å². The number of alkyl halides is 3. The highest BCUT2D eigenvalue weighted by molar-refractivity contribution is 5.97. The fourth-order valence-corrected chi connectivity index (χ4v) is 3.20. The molecule has 0 spiro atoms. The Morgan fingerprint density at radius 3 is 2.07 bits per heavy atom. The van der Waals surface area contributed by atoms with Crippen LogP contribution < -0.4 is 10.1 Å². The lowest BCUT2D eigenvalue weighted by molar-refractivity contribution is -0.142. The van der Waals surface area contributed by atoms with E-state index in [-0.39, 0.29) is 29.9 Å². The second-order valence-corrected chi connectivity index (χ2v) is 7.49. The maximum Gasteiger partial charge on any atom is 0.420 e. The van der Waals surface area contributed by atoms with Crippen LogP contribution in [0.5, 0.6) is 5.75 Å². The molecule has 0 heterocycles. The van der Waals surface area contributed by atoms with Gasteiger partial charge in [0.05, 0.1) is 12.2 Å². The second-order valence-electron chi connectivity index (χ2n) is 7.49. The third-order valence-electron chi connectivity index (χ3n) is 4.12. The van der Waals surface area contributed by atoms with Gasteiger partial charge in [0, 0.05) is 12.8 Å². The number of amides is 1. The van der Waals surface area contributed by atoms with E-state index in [0.29, 0.717) is 12.8 Å². The number of hydrogen-bond acceptors (Lipinski definition) is 3. The van der Waals surface area contributed by atoms with Crippen molar-refractivity contribution in [3.05, 3.63) is 23.8 Å². The van der Waals surface area contributed by atoms with Crippen LogP contribution >= 0.6 is 0 Å². The van der Waals surface area contributed by atoms with Gasteiger partial charge in [-0.1, -0.05) is 27.7 Å².